The van der Waals surface area contributed by atoms with Crippen LogP contribution in [0, 0.1) is 3.57 Å². The van der Waals surface area contributed by atoms with Crippen molar-refractivity contribution in [2.24, 2.45) is 0 Å². The highest BCUT2D eigenvalue weighted by Gasteiger charge is 2.09. The second-order valence-electron chi connectivity index (χ2n) is 3.97. The van der Waals surface area contributed by atoms with Gasteiger partial charge in [-0.05, 0) is 52.9 Å². The van der Waals surface area contributed by atoms with Crippen LogP contribution in [0.3, 0.4) is 0 Å². The van der Waals surface area contributed by atoms with Crippen LogP contribution in [-0.4, -0.2) is 10.9 Å². The lowest BCUT2D eigenvalue weighted by atomic mass is 10.2. The Hall–Kier alpha value is -1.47. The molecule has 0 aliphatic carbocycles. The zero-order chi connectivity index (χ0) is 13.2. The summed E-state index contributed by atoms with van der Waals surface area (Å²) in [5, 5.41) is 2.90. The summed E-state index contributed by atoms with van der Waals surface area (Å²) >= 11 is 3.75. The normalized spacial score (nSPS) is 10.6. The number of aromatic nitrogens is 1. The van der Waals surface area contributed by atoms with Crippen molar-refractivity contribution in [3.8, 4) is 0 Å². The maximum Gasteiger partial charge on any atom is 0.256 e. The Morgan fingerprint density at radius 1 is 1.21 bits per heavy atom. The number of carbonyl (C=O) groups excluding carboxylic acids is 1. The number of benzene rings is 2. The minimum absolute atomic E-state index is 0.0976. The van der Waals surface area contributed by atoms with Crippen LogP contribution < -0.4 is 5.32 Å². The molecule has 0 fully saturated rings. The summed E-state index contributed by atoms with van der Waals surface area (Å²) in [7, 11) is 0. The van der Waals surface area contributed by atoms with E-state index >= 15 is 0 Å². The number of hydrogen-bond acceptors (Lipinski definition) is 3. The molecule has 3 rings (SSSR count). The van der Waals surface area contributed by atoms with Crippen molar-refractivity contribution in [2.75, 3.05) is 5.32 Å². The summed E-state index contributed by atoms with van der Waals surface area (Å²) in [6.45, 7) is 0. The van der Waals surface area contributed by atoms with E-state index < -0.39 is 0 Å². The van der Waals surface area contributed by atoms with Crippen molar-refractivity contribution in [3.05, 3.63) is 57.1 Å². The summed E-state index contributed by atoms with van der Waals surface area (Å²) in [4.78, 5) is 16.4. The number of nitrogens with zero attached hydrogens (tertiary/aromatic N) is 1. The summed E-state index contributed by atoms with van der Waals surface area (Å²) in [6, 6.07) is 13.3. The van der Waals surface area contributed by atoms with E-state index in [1.54, 1.807) is 16.8 Å². The molecule has 2 aromatic carbocycles. The van der Waals surface area contributed by atoms with E-state index in [-0.39, 0.29) is 5.91 Å². The van der Waals surface area contributed by atoms with E-state index in [2.05, 4.69) is 32.9 Å². The minimum atomic E-state index is -0.0976. The topological polar surface area (TPSA) is 42.0 Å². The van der Waals surface area contributed by atoms with Gasteiger partial charge in [-0.3, -0.25) is 4.79 Å². The molecule has 0 aliphatic heterocycles. The quantitative estimate of drug-likeness (QED) is 0.679. The first-order chi connectivity index (χ1) is 9.24. The first kappa shape index (κ1) is 12.6. The highest BCUT2D eigenvalue weighted by atomic mass is 127. The Labute approximate surface area is 127 Å². The Balaban J connectivity index is 1.88. The third-order valence-corrected chi connectivity index (χ3v) is 4.46. The van der Waals surface area contributed by atoms with E-state index in [0.717, 1.165) is 19.5 Å². The van der Waals surface area contributed by atoms with Gasteiger partial charge in [-0.2, -0.15) is 0 Å². The van der Waals surface area contributed by atoms with Gasteiger partial charge in [-0.1, -0.05) is 12.1 Å². The second kappa shape index (κ2) is 5.26. The Kier molecular flexibility index (Phi) is 3.48. The van der Waals surface area contributed by atoms with Crippen LogP contribution >= 0.6 is 33.9 Å². The van der Waals surface area contributed by atoms with Gasteiger partial charge < -0.3 is 5.32 Å². The lowest BCUT2D eigenvalue weighted by Crippen LogP contribution is -2.13. The van der Waals surface area contributed by atoms with Gasteiger partial charge in [0.15, 0.2) is 0 Å². The molecule has 1 amide bonds. The molecule has 19 heavy (non-hydrogen) atoms. The average molecular weight is 380 g/mol. The predicted octanol–water partition coefficient (Wildman–Crippen LogP) is 4.15. The van der Waals surface area contributed by atoms with Gasteiger partial charge in [0, 0.05) is 9.26 Å². The van der Waals surface area contributed by atoms with Gasteiger partial charge in [-0.15, -0.1) is 11.3 Å². The minimum Gasteiger partial charge on any atom is -0.322 e. The highest BCUT2D eigenvalue weighted by Crippen LogP contribution is 2.22. The molecule has 0 aliphatic rings. The average Bonchev–Trinajstić information content (AvgIpc) is 2.86. The van der Waals surface area contributed by atoms with Gasteiger partial charge in [-0.25, -0.2) is 4.98 Å². The maximum atomic E-state index is 12.2. The van der Waals surface area contributed by atoms with Crippen LogP contribution in [-0.2, 0) is 0 Å². The van der Waals surface area contributed by atoms with Gasteiger partial charge in [0.1, 0.15) is 0 Å². The van der Waals surface area contributed by atoms with Crippen LogP contribution in [0.15, 0.2) is 48.0 Å². The molecule has 0 radical (unpaired) electrons. The molecular weight excluding hydrogens is 371 g/mol. The van der Waals surface area contributed by atoms with E-state index in [1.807, 2.05) is 42.5 Å². The smallest absolute Gasteiger partial charge is 0.256 e. The third kappa shape index (κ3) is 2.62. The number of thiazole rings is 1. The number of hydrogen-bond donors (Lipinski definition) is 1. The molecule has 0 saturated carbocycles. The molecule has 0 unspecified atom stereocenters. The largest absolute Gasteiger partial charge is 0.322 e. The second-order valence-corrected chi connectivity index (χ2v) is 6.02. The fraction of sp³-hybridized carbons (Fsp3) is 0. The molecular formula is C14H9IN2OS. The standard InChI is InChI=1S/C14H9IN2OS/c15-11-4-2-1-3-10(11)14(18)17-9-5-6-13-12(7-9)16-8-19-13/h1-8H,(H,17,18). The molecule has 0 spiro atoms. The number of anilines is 1. The number of carbonyl (C=O) groups is 1. The maximum absolute atomic E-state index is 12.2. The highest BCUT2D eigenvalue weighted by molar-refractivity contribution is 14.1. The molecule has 0 saturated heterocycles. The van der Waals surface area contributed by atoms with Crippen LogP contribution in [0.4, 0.5) is 5.69 Å². The van der Waals surface area contributed by atoms with Crippen molar-refractivity contribution in [1.29, 1.82) is 0 Å². The summed E-state index contributed by atoms with van der Waals surface area (Å²) < 4.78 is 2.06. The van der Waals surface area contributed by atoms with Crippen molar-refractivity contribution in [2.45, 2.75) is 0 Å². The van der Waals surface area contributed by atoms with Crippen LogP contribution in [0.1, 0.15) is 10.4 Å². The number of halogens is 1. The van der Waals surface area contributed by atoms with Gasteiger partial charge in [0.05, 0.1) is 21.3 Å². The first-order valence-electron chi connectivity index (χ1n) is 5.63. The predicted molar refractivity (Wildman–Crippen MR) is 86.7 cm³/mol. The SMILES string of the molecule is O=C(Nc1ccc2scnc2c1)c1ccccc1I. The molecule has 1 aromatic heterocycles. The number of rotatable bonds is 2. The summed E-state index contributed by atoms with van der Waals surface area (Å²) in [5.41, 5.74) is 4.16. The molecule has 1 N–H and O–H groups in total. The monoisotopic (exact) mass is 380 g/mol. The number of nitrogens with one attached hydrogen (secondary N) is 1. The fourth-order valence-electron chi connectivity index (χ4n) is 1.78. The zero-order valence-corrected chi connectivity index (χ0v) is 12.7. The molecule has 94 valence electrons. The molecule has 3 nitrogen and oxygen atoms in total. The third-order valence-electron chi connectivity index (χ3n) is 2.71. The molecule has 0 bridgehead atoms. The van der Waals surface area contributed by atoms with Crippen LogP contribution in [0.5, 0.6) is 0 Å². The van der Waals surface area contributed by atoms with Crippen LogP contribution in [0.2, 0.25) is 0 Å². The molecule has 5 heteroatoms. The molecule has 3 aromatic rings. The fourth-order valence-corrected chi connectivity index (χ4v) is 3.07. The molecule has 1 heterocycles. The first-order valence-corrected chi connectivity index (χ1v) is 7.59. The van der Waals surface area contributed by atoms with E-state index in [9.17, 15) is 4.79 Å². The van der Waals surface area contributed by atoms with Crippen molar-refractivity contribution >= 4 is 55.7 Å². The lowest BCUT2D eigenvalue weighted by molar-refractivity contribution is 0.102. The number of amides is 1. The van der Waals surface area contributed by atoms with E-state index in [1.165, 1.54) is 0 Å². The number of fused-ring (bicyclic) bond motifs is 1. The van der Waals surface area contributed by atoms with Crippen molar-refractivity contribution in [3.63, 3.8) is 0 Å². The Bertz CT molecular complexity index is 754. The van der Waals surface area contributed by atoms with Gasteiger partial charge >= 0.3 is 0 Å². The van der Waals surface area contributed by atoms with Gasteiger partial charge in [0.2, 0.25) is 0 Å². The molecule has 0 atom stereocenters. The van der Waals surface area contributed by atoms with Crippen molar-refractivity contribution in [1.82, 2.24) is 4.98 Å². The van der Waals surface area contributed by atoms with E-state index in [0.29, 0.717) is 5.56 Å². The van der Waals surface area contributed by atoms with Gasteiger partial charge in [0.25, 0.3) is 5.91 Å². The lowest BCUT2D eigenvalue weighted by Gasteiger charge is -2.06. The van der Waals surface area contributed by atoms with E-state index in [4.69, 9.17) is 0 Å². The zero-order valence-electron chi connectivity index (χ0n) is 9.76. The Morgan fingerprint density at radius 2 is 2.05 bits per heavy atom. The van der Waals surface area contributed by atoms with Crippen molar-refractivity contribution < 1.29 is 4.79 Å². The Morgan fingerprint density at radius 3 is 2.89 bits per heavy atom. The van der Waals surface area contributed by atoms with Crippen LogP contribution in [0.25, 0.3) is 10.2 Å². The summed E-state index contributed by atoms with van der Waals surface area (Å²) in [5.74, 6) is -0.0976. The summed E-state index contributed by atoms with van der Waals surface area (Å²) in [6.07, 6.45) is 0.